The molecule has 0 unspecified atom stereocenters. The maximum atomic E-state index is 13.0. The van der Waals surface area contributed by atoms with Crippen LogP contribution in [0, 0.1) is 18.8 Å². The van der Waals surface area contributed by atoms with E-state index in [4.69, 9.17) is 4.98 Å². The maximum Gasteiger partial charge on any atom is 0.227 e. The fourth-order valence-electron chi connectivity index (χ4n) is 4.61. The van der Waals surface area contributed by atoms with Gasteiger partial charge in [-0.15, -0.1) is 0 Å². The Morgan fingerprint density at radius 3 is 2.76 bits per heavy atom. The third-order valence-electron chi connectivity index (χ3n) is 6.25. The number of rotatable bonds is 5. The summed E-state index contributed by atoms with van der Waals surface area (Å²) in [5, 5.41) is 0. The molecular weight excluding hydrogens is 312 g/mol. The second kappa shape index (κ2) is 6.93. The van der Waals surface area contributed by atoms with Crippen molar-refractivity contribution >= 4 is 11.7 Å². The number of aromatic nitrogens is 2. The lowest BCUT2D eigenvalue weighted by molar-refractivity contribution is -0.141. The third kappa shape index (κ3) is 3.25. The first kappa shape index (κ1) is 16.8. The van der Waals surface area contributed by atoms with Crippen molar-refractivity contribution in [2.75, 3.05) is 24.5 Å². The van der Waals surface area contributed by atoms with Crippen LogP contribution in [0.1, 0.15) is 56.8 Å². The molecular formula is C20H30N4O. The molecule has 2 bridgehead atoms. The van der Waals surface area contributed by atoms with Crippen LogP contribution in [0.25, 0.3) is 0 Å². The Balaban J connectivity index is 1.59. The monoisotopic (exact) mass is 342 g/mol. The molecule has 5 heteroatoms. The summed E-state index contributed by atoms with van der Waals surface area (Å²) in [6, 6.07) is 0.358. The highest BCUT2D eigenvalue weighted by Crippen LogP contribution is 2.35. The average Bonchev–Trinajstić information content (AvgIpc) is 2.84. The molecule has 0 N–H and O–H groups in total. The highest BCUT2D eigenvalue weighted by atomic mass is 16.2. The quantitative estimate of drug-likeness (QED) is 0.825. The standard InChI is InChI=1S/C20H30N4O/c1-3-5-16-10-21-14(2)22-19(16)23-12-17-8-9-18(13-23)24(20(17)25)11-15-6-4-7-15/h10,15,17-18H,3-9,11-13H2,1-2H3/t17-,18+/m1/s1. The third-order valence-corrected chi connectivity index (χ3v) is 6.25. The number of hydrogen-bond acceptors (Lipinski definition) is 4. The van der Waals surface area contributed by atoms with Crippen LogP contribution < -0.4 is 4.90 Å². The van der Waals surface area contributed by atoms with E-state index in [0.717, 1.165) is 62.9 Å². The van der Waals surface area contributed by atoms with E-state index in [0.29, 0.717) is 11.9 Å². The summed E-state index contributed by atoms with van der Waals surface area (Å²) in [5.74, 6) is 3.18. The van der Waals surface area contributed by atoms with Crippen molar-refractivity contribution < 1.29 is 4.79 Å². The van der Waals surface area contributed by atoms with E-state index >= 15 is 0 Å². The molecule has 1 aliphatic carbocycles. The predicted molar refractivity (Wildman–Crippen MR) is 98.5 cm³/mol. The highest BCUT2D eigenvalue weighted by molar-refractivity contribution is 5.81. The first-order valence-corrected chi connectivity index (χ1v) is 10.0. The maximum absolute atomic E-state index is 13.0. The molecule has 1 amide bonds. The summed E-state index contributed by atoms with van der Waals surface area (Å²) in [7, 11) is 0. The molecule has 0 aromatic carbocycles. The minimum absolute atomic E-state index is 0.142. The van der Waals surface area contributed by atoms with E-state index in [1.54, 1.807) is 0 Å². The van der Waals surface area contributed by atoms with Gasteiger partial charge in [0, 0.05) is 37.4 Å². The fourth-order valence-corrected chi connectivity index (χ4v) is 4.61. The molecule has 1 aromatic rings. The number of amides is 1. The van der Waals surface area contributed by atoms with Gasteiger partial charge in [0.15, 0.2) is 0 Å². The van der Waals surface area contributed by atoms with Gasteiger partial charge in [-0.3, -0.25) is 4.79 Å². The Morgan fingerprint density at radius 1 is 1.20 bits per heavy atom. The van der Waals surface area contributed by atoms with Crippen LogP contribution in [0.4, 0.5) is 5.82 Å². The molecule has 5 rings (SSSR count). The van der Waals surface area contributed by atoms with Gasteiger partial charge in [0.2, 0.25) is 5.91 Å². The zero-order valence-corrected chi connectivity index (χ0v) is 15.6. The summed E-state index contributed by atoms with van der Waals surface area (Å²) in [6.45, 7) is 6.89. The number of anilines is 1. The highest BCUT2D eigenvalue weighted by Gasteiger charge is 2.42. The number of carbonyl (C=O) groups excluding carboxylic acids is 1. The summed E-state index contributed by atoms with van der Waals surface area (Å²) >= 11 is 0. The summed E-state index contributed by atoms with van der Waals surface area (Å²) in [6.07, 6.45) is 10.2. The first-order valence-electron chi connectivity index (χ1n) is 10.0. The number of hydrogen-bond donors (Lipinski definition) is 0. The van der Waals surface area contributed by atoms with Gasteiger partial charge in [0.05, 0.1) is 5.92 Å². The molecule has 1 saturated carbocycles. The van der Waals surface area contributed by atoms with Crippen LogP contribution >= 0.6 is 0 Å². The Morgan fingerprint density at radius 2 is 2.04 bits per heavy atom. The molecule has 2 atom stereocenters. The molecule has 0 radical (unpaired) electrons. The predicted octanol–water partition coefficient (Wildman–Crippen LogP) is 2.96. The first-order chi connectivity index (χ1) is 12.2. The van der Waals surface area contributed by atoms with Crippen LogP contribution in [0.3, 0.4) is 0 Å². The summed E-state index contributed by atoms with van der Waals surface area (Å²) in [4.78, 5) is 26.8. The van der Waals surface area contributed by atoms with Crippen LogP contribution in [-0.2, 0) is 11.2 Å². The number of fused-ring (bicyclic) bond motifs is 4. The van der Waals surface area contributed by atoms with E-state index in [1.807, 2.05) is 13.1 Å². The van der Waals surface area contributed by atoms with Crippen molar-refractivity contribution in [2.45, 2.75) is 64.8 Å². The van der Waals surface area contributed by atoms with E-state index in [2.05, 4.69) is 21.7 Å². The Labute approximate surface area is 150 Å². The van der Waals surface area contributed by atoms with E-state index < -0.39 is 0 Å². The number of piperidine rings is 1. The lowest BCUT2D eigenvalue weighted by Gasteiger charge is -2.40. The van der Waals surface area contributed by atoms with Crippen LogP contribution in [0.15, 0.2) is 6.20 Å². The van der Waals surface area contributed by atoms with Gasteiger partial charge in [-0.1, -0.05) is 19.8 Å². The van der Waals surface area contributed by atoms with Crippen molar-refractivity contribution in [3.8, 4) is 0 Å². The van der Waals surface area contributed by atoms with Crippen LogP contribution in [0.2, 0.25) is 0 Å². The molecule has 3 saturated heterocycles. The average molecular weight is 342 g/mol. The molecule has 4 aliphatic rings. The SMILES string of the molecule is CCCc1cnc(C)nc1N1C[C@H]2CC[C@@H](C1)N(CC1CCC1)C2=O. The number of nitrogens with zero attached hydrogens (tertiary/aromatic N) is 4. The Bertz CT molecular complexity index is 643. The van der Waals surface area contributed by atoms with Gasteiger partial charge in [0.1, 0.15) is 11.6 Å². The van der Waals surface area contributed by atoms with Gasteiger partial charge < -0.3 is 9.80 Å². The smallest absolute Gasteiger partial charge is 0.227 e. The van der Waals surface area contributed by atoms with E-state index in [1.165, 1.54) is 24.8 Å². The van der Waals surface area contributed by atoms with Gasteiger partial charge in [-0.05, 0) is 44.9 Å². The van der Waals surface area contributed by atoms with Crippen molar-refractivity contribution in [1.82, 2.24) is 14.9 Å². The van der Waals surface area contributed by atoms with Gasteiger partial charge >= 0.3 is 0 Å². The van der Waals surface area contributed by atoms with Gasteiger partial charge in [0.25, 0.3) is 0 Å². The van der Waals surface area contributed by atoms with E-state index in [-0.39, 0.29) is 5.92 Å². The van der Waals surface area contributed by atoms with Gasteiger partial charge in [-0.2, -0.15) is 0 Å². The molecule has 0 spiro atoms. The number of carbonyl (C=O) groups is 1. The van der Waals surface area contributed by atoms with Crippen LogP contribution in [0.5, 0.6) is 0 Å². The Kier molecular flexibility index (Phi) is 4.65. The summed E-state index contributed by atoms with van der Waals surface area (Å²) in [5.41, 5.74) is 1.23. The molecule has 25 heavy (non-hydrogen) atoms. The normalized spacial score (nSPS) is 26.7. The molecule has 136 valence electrons. The van der Waals surface area contributed by atoms with Crippen LogP contribution in [-0.4, -0.2) is 46.5 Å². The molecule has 5 nitrogen and oxygen atoms in total. The largest absolute Gasteiger partial charge is 0.353 e. The fraction of sp³-hybridized carbons (Fsp3) is 0.750. The zero-order valence-electron chi connectivity index (χ0n) is 15.6. The lowest BCUT2D eigenvalue weighted by Crippen LogP contribution is -2.50. The lowest BCUT2D eigenvalue weighted by atomic mass is 9.83. The topological polar surface area (TPSA) is 49.3 Å². The second-order valence-corrected chi connectivity index (χ2v) is 8.14. The molecule has 4 heterocycles. The second-order valence-electron chi connectivity index (χ2n) is 8.14. The summed E-state index contributed by atoms with van der Waals surface area (Å²) < 4.78 is 0. The molecule has 4 fully saturated rings. The zero-order chi connectivity index (χ0) is 17.4. The Hall–Kier alpha value is -1.65. The van der Waals surface area contributed by atoms with E-state index in [9.17, 15) is 4.79 Å². The van der Waals surface area contributed by atoms with Crippen molar-refractivity contribution in [1.29, 1.82) is 0 Å². The molecule has 1 aromatic heterocycles. The van der Waals surface area contributed by atoms with Crippen molar-refractivity contribution in [3.05, 3.63) is 17.6 Å². The van der Waals surface area contributed by atoms with Crippen molar-refractivity contribution in [2.24, 2.45) is 11.8 Å². The minimum atomic E-state index is 0.142. The molecule has 3 aliphatic heterocycles. The number of aryl methyl sites for hydroxylation is 2. The van der Waals surface area contributed by atoms with Crippen molar-refractivity contribution in [3.63, 3.8) is 0 Å². The van der Waals surface area contributed by atoms with Gasteiger partial charge in [-0.25, -0.2) is 9.97 Å². The minimum Gasteiger partial charge on any atom is -0.353 e.